The highest BCUT2D eigenvalue weighted by molar-refractivity contribution is 5.81. The smallest absolute Gasteiger partial charge is 0.416 e. The highest BCUT2D eigenvalue weighted by Gasteiger charge is 2.30. The highest BCUT2D eigenvalue weighted by atomic mass is 19.4. The first-order valence-electron chi connectivity index (χ1n) is 10.9. The number of amides is 1. The molecule has 0 fully saturated rings. The second-order valence-electron chi connectivity index (χ2n) is 8.11. The number of carbonyl (C=O) groups excluding carboxylic acids is 1. The van der Waals surface area contributed by atoms with Crippen LogP contribution in [0.2, 0.25) is 0 Å². The van der Waals surface area contributed by atoms with E-state index in [-0.39, 0.29) is 12.3 Å². The SMILES string of the molecule is Cc1ccc([C@H](NCC[C@@H](c2ccc(C(F)(F)F)cc2)c2cccc(OC(F)F)c2)C(N)=O)cc1. The van der Waals surface area contributed by atoms with Crippen molar-refractivity contribution in [3.05, 3.63) is 101 Å². The summed E-state index contributed by atoms with van der Waals surface area (Å²) in [7, 11) is 0. The van der Waals surface area contributed by atoms with Crippen molar-refractivity contribution in [2.75, 3.05) is 6.54 Å². The Kier molecular flexibility index (Phi) is 8.45. The quantitative estimate of drug-likeness (QED) is 0.344. The van der Waals surface area contributed by atoms with Crippen LogP contribution in [0.15, 0.2) is 72.8 Å². The van der Waals surface area contributed by atoms with Gasteiger partial charge in [-0.2, -0.15) is 22.0 Å². The number of carbonyl (C=O) groups is 1. The average molecular weight is 492 g/mol. The van der Waals surface area contributed by atoms with Crippen LogP contribution in [0.4, 0.5) is 22.0 Å². The molecule has 35 heavy (non-hydrogen) atoms. The molecular weight excluding hydrogens is 467 g/mol. The molecule has 0 aliphatic carbocycles. The van der Waals surface area contributed by atoms with E-state index in [1.54, 1.807) is 18.2 Å². The number of ether oxygens (including phenoxy) is 1. The fourth-order valence-corrected chi connectivity index (χ4v) is 3.85. The second kappa shape index (κ2) is 11.3. The number of rotatable bonds is 10. The Morgan fingerprint density at radius 3 is 2.14 bits per heavy atom. The van der Waals surface area contributed by atoms with Crippen molar-refractivity contribution in [1.29, 1.82) is 0 Å². The molecule has 3 aromatic carbocycles. The van der Waals surface area contributed by atoms with Crippen LogP contribution >= 0.6 is 0 Å². The third-order valence-corrected chi connectivity index (χ3v) is 5.60. The van der Waals surface area contributed by atoms with Gasteiger partial charge in [-0.1, -0.05) is 54.1 Å². The molecule has 0 aliphatic rings. The lowest BCUT2D eigenvalue weighted by atomic mass is 9.87. The van der Waals surface area contributed by atoms with Crippen LogP contribution in [-0.4, -0.2) is 19.1 Å². The van der Waals surface area contributed by atoms with Gasteiger partial charge in [-0.3, -0.25) is 4.79 Å². The Balaban J connectivity index is 1.85. The maximum absolute atomic E-state index is 13.0. The van der Waals surface area contributed by atoms with Crippen molar-refractivity contribution >= 4 is 5.91 Å². The summed E-state index contributed by atoms with van der Waals surface area (Å²) in [6.07, 6.45) is -4.14. The Morgan fingerprint density at radius 1 is 0.943 bits per heavy atom. The average Bonchev–Trinajstić information content (AvgIpc) is 2.79. The zero-order valence-electron chi connectivity index (χ0n) is 18.9. The first-order valence-corrected chi connectivity index (χ1v) is 10.9. The summed E-state index contributed by atoms with van der Waals surface area (Å²) in [5.74, 6) is -1.10. The Labute approximate surface area is 199 Å². The molecule has 3 aromatic rings. The Bertz CT molecular complexity index is 1120. The van der Waals surface area contributed by atoms with Crippen LogP contribution in [-0.2, 0) is 11.0 Å². The molecule has 9 heteroatoms. The fraction of sp³-hybridized carbons (Fsp3) is 0.269. The van der Waals surface area contributed by atoms with Gasteiger partial charge in [-0.25, -0.2) is 0 Å². The van der Waals surface area contributed by atoms with E-state index in [4.69, 9.17) is 5.73 Å². The number of primary amides is 1. The van der Waals surface area contributed by atoms with E-state index in [9.17, 15) is 26.7 Å². The number of nitrogens with two attached hydrogens (primary N) is 1. The molecule has 0 spiro atoms. The summed E-state index contributed by atoms with van der Waals surface area (Å²) in [6.45, 7) is -0.827. The maximum atomic E-state index is 13.0. The molecule has 0 saturated heterocycles. The predicted octanol–water partition coefficient (Wildman–Crippen LogP) is 5.95. The lowest BCUT2D eigenvalue weighted by molar-refractivity contribution is -0.137. The number of alkyl halides is 5. The van der Waals surface area contributed by atoms with E-state index in [0.717, 1.165) is 17.7 Å². The third-order valence-electron chi connectivity index (χ3n) is 5.60. The van der Waals surface area contributed by atoms with Crippen LogP contribution in [0.25, 0.3) is 0 Å². The molecule has 3 rings (SSSR count). The predicted molar refractivity (Wildman–Crippen MR) is 122 cm³/mol. The first kappa shape index (κ1) is 26.2. The summed E-state index contributed by atoms with van der Waals surface area (Å²) in [5.41, 5.74) is 7.62. The molecule has 0 radical (unpaired) electrons. The minimum Gasteiger partial charge on any atom is -0.435 e. The lowest BCUT2D eigenvalue weighted by Gasteiger charge is -2.22. The van der Waals surface area contributed by atoms with E-state index < -0.39 is 36.2 Å². The van der Waals surface area contributed by atoms with E-state index in [1.807, 2.05) is 19.1 Å². The zero-order chi connectivity index (χ0) is 25.6. The molecule has 0 aromatic heterocycles. The van der Waals surface area contributed by atoms with Crippen molar-refractivity contribution in [3.63, 3.8) is 0 Å². The minimum absolute atomic E-state index is 0.0583. The second-order valence-corrected chi connectivity index (χ2v) is 8.11. The largest absolute Gasteiger partial charge is 0.435 e. The van der Waals surface area contributed by atoms with Gasteiger partial charge < -0.3 is 15.8 Å². The van der Waals surface area contributed by atoms with Gasteiger partial charge in [0.2, 0.25) is 5.91 Å². The van der Waals surface area contributed by atoms with Gasteiger partial charge >= 0.3 is 12.8 Å². The van der Waals surface area contributed by atoms with Gasteiger partial charge in [0, 0.05) is 5.92 Å². The number of nitrogens with one attached hydrogen (secondary N) is 1. The monoisotopic (exact) mass is 492 g/mol. The number of aryl methyl sites for hydroxylation is 1. The fourth-order valence-electron chi connectivity index (χ4n) is 3.85. The van der Waals surface area contributed by atoms with Crippen molar-refractivity contribution in [3.8, 4) is 5.75 Å². The normalized spacial score (nSPS) is 13.5. The van der Waals surface area contributed by atoms with E-state index in [2.05, 4.69) is 10.1 Å². The molecule has 3 N–H and O–H groups in total. The first-order chi connectivity index (χ1) is 16.5. The van der Waals surface area contributed by atoms with Gasteiger partial charge in [0.15, 0.2) is 0 Å². The number of halogens is 5. The van der Waals surface area contributed by atoms with Crippen LogP contribution in [0, 0.1) is 6.92 Å². The van der Waals surface area contributed by atoms with Gasteiger partial charge in [0.05, 0.1) is 5.56 Å². The van der Waals surface area contributed by atoms with Crippen molar-refractivity contribution in [2.24, 2.45) is 5.73 Å². The summed E-state index contributed by atoms with van der Waals surface area (Å²) < 4.78 is 69.0. The Hall–Kier alpha value is -3.46. The van der Waals surface area contributed by atoms with E-state index >= 15 is 0 Å². The summed E-state index contributed by atoms with van der Waals surface area (Å²) in [4.78, 5) is 12.0. The van der Waals surface area contributed by atoms with Crippen LogP contribution in [0.1, 0.15) is 46.2 Å². The van der Waals surface area contributed by atoms with Crippen LogP contribution in [0.5, 0.6) is 5.75 Å². The highest BCUT2D eigenvalue weighted by Crippen LogP contribution is 2.34. The number of hydrogen-bond acceptors (Lipinski definition) is 3. The molecule has 2 atom stereocenters. The van der Waals surface area contributed by atoms with Gasteiger partial charge in [0.25, 0.3) is 0 Å². The Morgan fingerprint density at radius 2 is 1.57 bits per heavy atom. The van der Waals surface area contributed by atoms with Gasteiger partial charge in [-0.15, -0.1) is 0 Å². The molecule has 1 amide bonds. The molecule has 4 nitrogen and oxygen atoms in total. The van der Waals surface area contributed by atoms with E-state index in [1.165, 1.54) is 30.3 Å². The van der Waals surface area contributed by atoms with Crippen LogP contribution < -0.4 is 15.8 Å². The van der Waals surface area contributed by atoms with Crippen molar-refractivity contribution in [2.45, 2.75) is 38.1 Å². The third kappa shape index (κ3) is 7.26. The molecule has 0 saturated carbocycles. The summed E-state index contributed by atoms with van der Waals surface area (Å²) in [5, 5.41) is 3.10. The number of benzene rings is 3. The molecule has 0 heterocycles. The van der Waals surface area contributed by atoms with Crippen molar-refractivity contribution < 1.29 is 31.5 Å². The van der Waals surface area contributed by atoms with Crippen molar-refractivity contribution in [1.82, 2.24) is 5.32 Å². The molecule has 0 unspecified atom stereocenters. The standard InChI is InChI=1S/C26H25F5N2O2/c1-16-5-7-18(8-6-16)23(24(32)34)33-14-13-22(17-9-11-20(12-10-17)26(29,30)31)19-3-2-4-21(15-19)35-25(27)28/h2-12,15,22-23,25,33H,13-14H2,1H3,(H2,32,34)/t22-,23-/m0/s1. The molecule has 0 bridgehead atoms. The number of hydrogen-bond donors (Lipinski definition) is 2. The maximum Gasteiger partial charge on any atom is 0.416 e. The minimum atomic E-state index is -4.48. The molecular formula is C26H25F5N2O2. The molecule has 186 valence electrons. The van der Waals surface area contributed by atoms with Gasteiger partial charge in [0.1, 0.15) is 11.8 Å². The van der Waals surface area contributed by atoms with E-state index in [0.29, 0.717) is 23.1 Å². The van der Waals surface area contributed by atoms with Gasteiger partial charge in [-0.05, 0) is 60.8 Å². The zero-order valence-corrected chi connectivity index (χ0v) is 18.9. The molecule has 0 aliphatic heterocycles. The summed E-state index contributed by atoms with van der Waals surface area (Å²) >= 11 is 0. The lowest BCUT2D eigenvalue weighted by Crippen LogP contribution is -2.34. The van der Waals surface area contributed by atoms with Crippen LogP contribution in [0.3, 0.4) is 0 Å². The summed E-state index contributed by atoms with van der Waals surface area (Å²) in [6, 6.07) is 17.2. The topological polar surface area (TPSA) is 64.3 Å².